The topological polar surface area (TPSA) is 23.5 Å². The fourth-order valence-electron chi connectivity index (χ4n) is 3.26. The van der Waals surface area contributed by atoms with Crippen molar-refractivity contribution in [2.24, 2.45) is 5.92 Å². The molecule has 1 heterocycles. The van der Waals surface area contributed by atoms with Gasteiger partial charge >= 0.3 is 0 Å². The van der Waals surface area contributed by atoms with Gasteiger partial charge in [0.2, 0.25) is 0 Å². The molecule has 2 nitrogen and oxygen atoms in total. The Kier molecular flexibility index (Phi) is 5.43. The zero-order valence-electron chi connectivity index (χ0n) is 12.3. The summed E-state index contributed by atoms with van der Waals surface area (Å²) in [6, 6.07) is 11.1. The predicted octanol–water partition coefficient (Wildman–Crippen LogP) is 3.43. The number of hydrogen-bond donors (Lipinski definition) is 1. The highest BCUT2D eigenvalue weighted by Gasteiger charge is 2.43. The third-order valence-corrected chi connectivity index (χ3v) is 4.41. The molecule has 108 valence electrons. The van der Waals surface area contributed by atoms with Crippen molar-refractivity contribution < 1.29 is 5.11 Å². The lowest BCUT2D eigenvalue weighted by molar-refractivity contribution is -0.0974. The highest BCUT2D eigenvalue weighted by molar-refractivity contribution is 5.85. The number of rotatable bonds is 2. The SMILES string of the molecule is CC(C)N1CC(C)C(O)(c2ccccc2)CC1C.Cl. The van der Waals surface area contributed by atoms with Crippen LogP contribution < -0.4 is 0 Å². The van der Waals surface area contributed by atoms with Gasteiger partial charge in [0.25, 0.3) is 0 Å². The lowest BCUT2D eigenvalue weighted by atomic mass is 9.74. The minimum Gasteiger partial charge on any atom is -0.385 e. The second-order valence-corrected chi connectivity index (χ2v) is 6.04. The maximum absolute atomic E-state index is 11.1. The zero-order valence-corrected chi connectivity index (χ0v) is 13.2. The second kappa shape index (κ2) is 6.25. The van der Waals surface area contributed by atoms with Gasteiger partial charge in [0.15, 0.2) is 0 Å². The summed E-state index contributed by atoms with van der Waals surface area (Å²) >= 11 is 0. The van der Waals surface area contributed by atoms with Crippen LogP contribution in [0.3, 0.4) is 0 Å². The smallest absolute Gasteiger partial charge is 0.0948 e. The van der Waals surface area contributed by atoms with Crippen LogP contribution in [-0.4, -0.2) is 28.6 Å². The highest BCUT2D eigenvalue weighted by Crippen LogP contribution is 2.40. The molecule has 3 heteroatoms. The molecule has 3 unspecified atom stereocenters. The summed E-state index contributed by atoms with van der Waals surface area (Å²) in [6.07, 6.45) is 0.816. The van der Waals surface area contributed by atoms with Crippen molar-refractivity contribution in [2.45, 2.75) is 51.8 Å². The van der Waals surface area contributed by atoms with Gasteiger partial charge in [0.05, 0.1) is 5.60 Å². The second-order valence-electron chi connectivity index (χ2n) is 6.04. The Bertz CT molecular complexity index is 395. The van der Waals surface area contributed by atoms with E-state index in [-0.39, 0.29) is 18.3 Å². The molecule has 0 spiro atoms. The van der Waals surface area contributed by atoms with Crippen LogP contribution in [0.15, 0.2) is 30.3 Å². The van der Waals surface area contributed by atoms with E-state index in [9.17, 15) is 5.11 Å². The first-order chi connectivity index (χ1) is 8.45. The maximum Gasteiger partial charge on any atom is 0.0948 e. The van der Waals surface area contributed by atoms with Crippen molar-refractivity contribution in [3.8, 4) is 0 Å². The summed E-state index contributed by atoms with van der Waals surface area (Å²) in [6.45, 7) is 9.81. The van der Waals surface area contributed by atoms with Crippen LogP contribution in [0, 0.1) is 5.92 Å². The van der Waals surface area contributed by atoms with Crippen LogP contribution in [-0.2, 0) is 5.60 Å². The van der Waals surface area contributed by atoms with E-state index in [0.717, 1.165) is 18.5 Å². The molecular weight excluding hydrogens is 258 g/mol. The molecule has 1 aromatic rings. The van der Waals surface area contributed by atoms with Crippen molar-refractivity contribution >= 4 is 12.4 Å². The molecule has 0 amide bonds. The molecule has 0 aromatic heterocycles. The minimum absolute atomic E-state index is 0. The van der Waals surface area contributed by atoms with Crippen LogP contribution in [0.2, 0.25) is 0 Å². The van der Waals surface area contributed by atoms with E-state index in [4.69, 9.17) is 0 Å². The summed E-state index contributed by atoms with van der Waals surface area (Å²) < 4.78 is 0. The third-order valence-electron chi connectivity index (χ3n) is 4.41. The first kappa shape index (κ1) is 16.5. The monoisotopic (exact) mass is 283 g/mol. The molecule has 0 aliphatic carbocycles. The quantitative estimate of drug-likeness (QED) is 0.899. The fraction of sp³-hybridized carbons (Fsp3) is 0.625. The molecule has 0 radical (unpaired) electrons. The van der Waals surface area contributed by atoms with E-state index in [0.29, 0.717) is 12.1 Å². The Balaban J connectivity index is 0.00000180. The Morgan fingerprint density at radius 1 is 1.21 bits per heavy atom. The van der Waals surface area contributed by atoms with Gasteiger partial charge in [-0.05, 0) is 32.8 Å². The van der Waals surface area contributed by atoms with Crippen LogP contribution in [0.5, 0.6) is 0 Å². The van der Waals surface area contributed by atoms with Gasteiger partial charge in [-0.2, -0.15) is 0 Å². The molecule has 1 fully saturated rings. The molecule has 0 saturated carbocycles. The van der Waals surface area contributed by atoms with E-state index in [2.05, 4.69) is 32.6 Å². The van der Waals surface area contributed by atoms with E-state index >= 15 is 0 Å². The number of benzene rings is 1. The fourth-order valence-corrected chi connectivity index (χ4v) is 3.26. The molecular formula is C16H26ClNO. The summed E-state index contributed by atoms with van der Waals surface area (Å²) in [5.74, 6) is 0.262. The average Bonchev–Trinajstić information content (AvgIpc) is 2.34. The van der Waals surface area contributed by atoms with Gasteiger partial charge in [-0.3, -0.25) is 4.90 Å². The Morgan fingerprint density at radius 3 is 2.32 bits per heavy atom. The number of likely N-dealkylation sites (tertiary alicyclic amines) is 1. The van der Waals surface area contributed by atoms with Gasteiger partial charge < -0.3 is 5.11 Å². The van der Waals surface area contributed by atoms with E-state index in [1.54, 1.807) is 0 Å². The van der Waals surface area contributed by atoms with Gasteiger partial charge in [0.1, 0.15) is 0 Å². The molecule has 1 N–H and O–H groups in total. The van der Waals surface area contributed by atoms with Crippen molar-refractivity contribution in [3.63, 3.8) is 0 Å². The standard InChI is InChI=1S/C16H25NO.ClH/c1-12(2)17-11-13(3)16(18,10-14(17)4)15-8-6-5-7-9-15;/h5-9,12-14,18H,10-11H2,1-4H3;1H. The summed E-state index contributed by atoms with van der Waals surface area (Å²) in [5, 5.41) is 11.1. The normalized spacial score (nSPS) is 32.1. The first-order valence-electron chi connectivity index (χ1n) is 6.99. The van der Waals surface area contributed by atoms with Crippen molar-refractivity contribution in [2.75, 3.05) is 6.54 Å². The molecule has 1 aliphatic heterocycles. The van der Waals surface area contributed by atoms with Crippen LogP contribution in [0.1, 0.15) is 39.7 Å². The summed E-state index contributed by atoms with van der Waals surface area (Å²) in [4.78, 5) is 2.49. The lowest BCUT2D eigenvalue weighted by Crippen LogP contribution is -2.55. The molecule has 1 saturated heterocycles. The van der Waals surface area contributed by atoms with Crippen LogP contribution in [0.25, 0.3) is 0 Å². The predicted molar refractivity (Wildman–Crippen MR) is 82.7 cm³/mol. The largest absolute Gasteiger partial charge is 0.385 e. The molecule has 1 aromatic carbocycles. The first-order valence-corrected chi connectivity index (χ1v) is 6.99. The van der Waals surface area contributed by atoms with Gasteiger partial charge in [-0.25, -0.2) is 0 Å². The Hall–Kier alpha value is -0.570. The number of aliphatic hydroxyl groups is 1. The number of piperidine rings is 1. The number of nitrogens with zero attached hydrogens (tertiary/aromatic N) is 1. The Labute approximate surface area is 123 Å². The summed E-state index contributed by atoms with van der Waals surface area (Å²) in [7, 11) is 0. The van der Waals surface area contributed by atoms with Gasteiger partial charge in [-0.1, -0.05) is 37.3 Å². The van der Waals surface area contributed by atoms with Crippen LogP contribution in [0.4, 0.5) is 0 Å². The van der Waals surface area contributed by atoms with Crippen molar-refractivity contribution in [3.05, 3.63) is 35.9 Å². The van der Waals surface area contributed by atoms with E-state index in [1.807, 2.05) is 30.3 Å². The number of hydrogen-bond acceptors (Lipinski definition) is 2. The zero-order chi connectivity index (χ0) is 13.3. The lowest BCUT2D eigenvalue weighted by Gasteiger charge is -2.48. The molecule has 3 atom stereocenters. The average molecular weight is 284 g/mol. The van der Waals surface area contributed by atoms with Gasteiger partial charge in [0, 0.05) is 24.5 Å². The van der Waals surface area contributed by atoms with E-state index < -0.39 is 5.60 Å². The van der Waals surface area contributed by atoms with Crippen molar-refractivity contribution in [1.82, 2.24) is 4.90 Å². The minimum atomic E-state index is -0.675. The Morgan fingerprint density at radius 2 is 1.79 bits per heavy atom. The third kappa shape index (κ3) is 3.13. The molecule has 19 heavy (non-hydrogen) atoms. The number of halogens is 1. The van der Waals surface area contributed by atoms with Crippen LogP contribution >= 0.6 is 12.4 Å². The molecule has 1 aliphatic rings. The molecule has 2 rings (SSSR count). The van der Waals surface area contributed by atoms with Gasteiger partial charge in [-0.15, -0.1) is 12.4 Å². The van der Waals surface area contributed by atoms with Crippen molar-refractivity contribution in [1.29, 1.82) is 0 Å². The highest BCUT2D eigenvalue weighted by atomic mass is 35.5. The molecule has 0 bridgehead atoms. The van der Waals surface area contributed by atoms with E-state index in [1.165, 1.54) is 0 Å². The summed E-state index contributed by atoms with van der Waals surface area (Å²) in [5.41, 5.74) is 0.388. The maximum atomic E-state index is 11.1.